The Kier molecular flexibility index (Phi) is 6.61. The van der Waals surface area contributed by atoms with Gasteiger partial charge in [-0.2, -0.15) is 0 Å². The number of ether oxygens (including phenoxy) is 2. The van der Waals surface area contributed by atoms with Gasteiger partial charge in [-0.25, -0.2) is 4.39 Å². The van der Waals surface area contributed by atoms with Crippen molar-refractivity contribution in [3.63, 3.8) is 0 Å². The van der Waals surface area contributed by atoms with Gasteiger partial charge in [0.15, 0.2) is 11.6 Å². The Morgan fingerprint density at radius 1 is 1.33 bits per heavy atom. The summed E-state index contributed by atoms with van der Waals surface area (Å²) in [6.45, 7) is -0.0168. The number of amides is 1. The quantitative estimate of drug-likeness (QED) is 0.773. The number of halogens is 1. The maximum absolute atomic E-state index is 13.6. The normalized spacial score (nSPS) is 10.2. The Morgan fingerprint density at radius 3 is 2.57 bits per heavy atom. The summed E-state index contributed by atoms with van der Waals surface area (Å²) in [4.78, 5) is 24.0. The average Bonchev–Trinajstić information content (AvgIpc) is 2.43. The molecule has 1 N–H and O–H groups in total. The van der Waals surface area contributed by atoms with Gasteiger partial charge in [-0.05, 0) is 17.7 Å². The summed E-state index contributed by atoms with van der Waals surface area (Å²) in [7, 11) is 2.81. The third kappa shape index (κ3) is 5.39. The first-order chi connectivity index (χ1) is 9.97. The number of carboxylic acids is 1. The second kappa shape index (κ2) is 8.21. The van der Waals surface area contributed by atoms with Crippen molar-refractivity contribution in [2.24, 2.45) is 0 Å². The fourth-order valence-electron chi connectivity index (χ4n) is 1.76. The molecule has 0 saturated heterocycles. The topological polar surface area (TPSA) is 76.1 Å². The zero-order chi connectivity index (χ0) is 15.8. The lowest BCUT2D eigenvalue weighted by molar-refractivity contribution is -0.144. The molecule has 1 rings (SSSR count). The largest absolute Gasteiger partial charge is 0.494 e. The molecular formula is C14H18FNO5. The van der Waals surface area contributed by atoms with Gasteiger partial charge in [0.2, 0.25) is 5.91 Å². The Bertz CT molecular complexity index is 506. The van der Waals surface area contributed by atoms with Gasteiger partial charge >= 0.3 is 5.97 Å². The van der Waals surface area contributed by atoms with E-state index in [1.807, 2.05) is 0 Å². The minimum atomic E-state index is -1.11. The predicted molar refractivity (Wildman–Crippen MR) is 72.7 cm³/mol. The molecule has 0 unspecified atom stereocenters. The van der Waals surface area contributed by atoms with Crippen LogP contribution in [0.2, 0.25) is 0 Å². The van der Waals surface area contributed by atoms with Crippen LogP contribution in [0.15, 0.2) is 18.2 Å². The molecular weight excluding hydrogens is 281 g/mol. The second-order valence-corrected chi connectivity index (χ2v) is 4.35. The highest BCUT2D eigenvalue weighted by molar-refractivity contribution is 5.83. The highest BCUT2D eigenvalue weighted by Crippen LogP contribution is 2.18. The van der Waals surface area contributed by atoms with Crippen LogP contribution in [0, 0.1) is 5.82 Å². The van der Waals surface area contributed by atoms with E-state index in [-0.39, 0.29) is 25.3 Å². The number of aliphatic carboxylic acids is 1. The highest BCUT2D eigenvalue weighted by atomic mass is 19.1. The molecule has 0 aromatic heterocycles. The Balaban J connectivity index is 2.75. The molecule has 0 spiro atoms. The zero-order valence-corrected chi connectivity index (χ0v) is 12.0. The van der Waals surface area contributed by atoms with Gasteiger partial charge in [0, 0.05) is 13.7 Å². The number of hydrogen-bond donors (Lipinski definition) is 1. The molecule has 0 atom stereocenters. The fraction of sp³-hybridized carbons (Fsp3) is 0.429. The van der Waals surface area contributed by atoms with Gasteiger partial charge in [0.1, 0.15) is 6.54 Å². The predicted octanol–water partition coefficient (Wildman–Crippen LogP) is 0.936. The first kappa shape index (κ1) is 16.9. The Hall–Kier alpha value is -2.15. The van der Waals surface area contributed by atoms with Gasteiger partial charge in [-0.1, -0.05) is 6.07 Å². The van der Waals surface area contributed by atoms with Gasteiger partial charge in [0.05, 0.1) is 20.1 Å². The summed E-state index contributed by atoms with van der Waals surface area (Å²) >= 11 is 0. The van der Waals surface area contributed by atoms with Crippen molar-refractivity contribution >= 4 is 11.9 Å². The number of carbonyl (C=O) groups excluding carboxylic acids is 1. The van der Waals surface area contributed by atoms with Crippen LogP contribution < -0.4 is 4.74 Å². The van der Waals surface area contributed by atoms with Crippen LogP contribution in [0.5, 0.6) is 5.75 Å². The lowest BCUT2D eigenvalue weighted by atomic mass is 10.1. The number of rotatable bonds is 8. The molecule has 116 valence electrons. The van der Waals surface area contributed by atoms with Crippen molar-refractivity contribution < 1.29 is 28.6 Å². The Morgan fingerprint density at radius 2 is 2.05 bits per heavy atom. The SMILES string of the molecule is COCCN(CC(=O)O)C(=O)Cc1ccc(OC)c(F)c1. The molecule has 6 nitrogen and oxygen atoms in total. The van der Waals surface area contributed by atoms with E-state index in [9.17, 15) is 14.0 Å². The standard InChI is InChI=1S/C14H18FNO5/c1-20-6-5-16(9-14(18)19)13(17)8-10-3-4-12(21-2)11(15)7-10/h3-4,7H,5-6,8-9H2,1-2H3,(H,18,19). The molecule has 0 fully saturated rings. The van der Waals surface area contributed by atoms with Crippen LogP contribution in [0.3, 0.4) is 0 Å². The van der Waals surface area contributed by atoms with E-state index in [1.54, 1.807) is 6.07 Å². The van der Waals surface area contributed by atoms with Crippen molar-refractivity contribution in [1.82, 2.24) is 4.90 Å². The van der Waals surface area contributed by atoms with Gasteiger partial charge in [-0.3, -0.25) is 9.59 Å². The van der Waals surface area contributed by atoms with Crippen LogP contribution in [-0.2, 0) is 20.7 Å². The van der Waals surface area contributed by atoms with Crippen molar-refractivity contribution in [1.29, 1.82) is 0 Å². The number of carboxylic acid groups (broad SMARTS) is 1. The van der Waals surface area contributed by atoms with E-state index in [1.165, 1.54) is 26.4 Å². The summed E-state index contributed by atoms with van der Waals surface area (Å²) in [5, 5.41) is 8.80. The number of nitrogens with zero attached hydrogens (tertiary/aromatic N) is 1. The molecule has 0 radical (unpaired) electrons. The average molecular weight is 299 g/mol. The molecule has 0 heterocycles. The van der Waals surface area contributed by atoms with Gasteiger partial charge < -0.3 is 19.5 Å². The minimum Gasteiger partial charge on any atom is -0.494 e. The molecule has 0 bridgehead atoms. The number of hydrogen-bond acceptors (Lipinski definition) is 4. The number of benzene rings is 1. The number of carbonyl (C=O) groups is 2. The van der Waals surface area contributed by atoms with Crippen molar-refractivity contribution in [2.45, 2.75) is 6.42 Å². The van der Waals surface area contributed by atoms with Crippen molar-refractivity contribution in [3.05, 3.63) is 29.6 Å². The zero-order valence-electron chi connectivity index (χ0n) is 12.0. The second-order valence-electron chi connectivity index (χ2n) is 4.35. The maximum Gasteiger partial charge on any atom is 0.323 e. The summed E-state index contributed by atoms with van der Waals surface area (Å²) in [6, 6.07) is 4.19. The first-order valence-electron chi connectivity index (χ1n) is 6.28. The molecule has 1 amide bonds. The van der Waals surface area contributed by atoms with E-state index < -0.39 is 24.2 Å². The van der Waals surface area contributed by atoms with Crippen LogP contribution in [-0.4, -0.2) is 55.8 Å². The lowest BCUT2D eigenvalue weighted by Crippen LogP contribution is -2.38. The van der Waals surface area contributed by atoms with E-state index in [4.69, 9.17) is 14.6 Å². The van der Waals surface area contributed by atoms with E-state index in [0.29, 0.717) is 5.56 Å². The summed E-state index contributed by atoms with van der Waals surface area (Å²) in [6.07, 6.45) is -0.0854. The molecule has 0 aliphatic rings. The maximum atomic E-state index is 13.6. The minimum absolute atomic E-state index is 0.0854. The molecule has 21 heavy (non-hydrogen) atoms. The lowest BCUT2D eigenvalue weighted by Gasteiger charge is -2.20. The molecule has 1 aromatic rings. The van der Waals surface area contributed by atoms with Gasteiger partial charge in [-0.15, -0.1) is 0 Å². The molecule has 0 aliphatic heterocycles. The van der Waals surface area contributed by atoms with E-state index in [2.05, 4.69) is 0 Å². The summed E-state index contributed by atoms with van der Waals surface area (Å²) in [5.41, 5.74) is 0.450. The molecule has 0 aliphatic carbocycles. The Labute approximate surface area is 122 Å². The van der Waals surface area contributed by atoms with Crippen LogP contribution in [0.4, 0.5) is 4.39 Å². The van der Waals surface area contributed by atoms with Crippen LogP contribution >= 0.6 is 0 Å². The van der Waals surface area contributed by atoms with Gasteiger partial charge in [0.25, 0.3) is 0 Å². The molecule has 7 heteroatoms. The molecule has 0 saturated carbocycles. The van der Waals surface area contributed by atoms with E-state index >= 15 is 0 Å². The number of methoxy groups -OCH3 is 2. The smallest absolute Gasteiger partial charge is 0.323 e. The highest BCUT2D eigenvalue weighted by Gasteiger charge is 2.17. The first-order valence-corrected chi connectivity index (χ1v) is 6.28. The fourth-order valence-corrected chi connectivity index (χ4v) is 1.76. The third-order valence-electron chi connectivity index (χ3n) is 2.82. The van der Waals surface area contributed by atoms with Crippen molar-refractivity contribution in [3.8, 4) is 5.75 Å². The summed E-state index contributed by atoms with van der Waals surface area (Å²) < 4.78 is 23.2. The van der Waals surface area contributed by atoms with Crippen LogP contribution in [0.1, 0.15) is 5.56 Å². The molecule has 1 aromatic carbocycles. The van der Waals surface area contributed by atoms with Crippen molar-refractivity contribution in [2.75, 3.05) is 33.9 Å². The third-order valence-corrected chi connectivity index (χ3v) is 2.82. The van der Waals surface area contributed by atoms with Crippen LogP contribution in [0.25, 0.3) is 0 Å². The monoisotopic (exact) mass is 299 g/mol. The summed E-state index contributed by atoms with van der Waals surface area (Å²) in [5.74, 6) is -1.99. The van der Waals surface area contributed by atoms with E-state index in [0.717, 1.165) is 4.90 Å².